The lowest BCUT2D eigenvalue weighted by Gasteiger charge is -2.21. The molecule has 0 N–H and O–H groups in total. The number of hydrogen-bond donors (Lipinski definition) is 0. The van der Waals surface area contributed by atoms with Crippen molar-refractivity contribution in [2.24, 2.45) is 10.9 Å². The van der Waals surface area contributed by atoms with Crippen LogP contribution in [0.15, 0.2) is 29.3 Å². The molecule has 1 aliphatic heterocycles. The first-order chi connectivity index (χ1) is 10.2. The van der Waals surface area contributed by atoms with E-state index >= 15 is 0 Å². The highest BCUT2D eigenvalue weighted by Gasteiger charge is 2.31. The molecule has 0 bridgehead atoms. The van der Waals surface area contributed by atoms with E-state index in [1.54, 1.807) is 6.07 Å². The van der Waals surface area contributed by atoms with Crippen LogP contribution in [-0.4, -0.2) is 29.1 Å². The van der Waals surface area contributed by atoms with Crippen LogP contribution in [0.25, 0.3) is 0 Å². The Morgan fingerprint density at radius 3 is 2.95 bits per heavy atom. The van der Waals surface area contributed by atoms with Crippen molar-refractivity contribution in [3.8, 4) is 0 Å². The molecule has 1 aliphatic carbocycles. The average molecular weight is 306 g/mol. The number of hydrogen-bond acceptors (Lipinski definition) is 3. The maximum absolute atomic E-state index is 13.2. The Bertz CT molecular complexity index is 555. The van der Waals surface area contributed by atoms with E-state index in [0.717, 1.165) is 36.4 Å². The molecule has 3 rings (SSSR count). The summed E-state index contributed by atoms with van der Waals surface area (Å²) in [7, 11) is 0. The predicted octanol–water partition coefficient (Wildman–Crippen LogP) is 3.45. The summed E-state index contributed by atoms with van der Waals surface area (Å²) < 4.78 is 13.2. The zero-order chi connectivity index (χ0) is 14.7. The lowest BCUT2D eigenvalue weighted by atomic mass is 10.1. The molecule has 0 aromatic heterocycles. The van der Waals surface area contributed by atoms with Gasteiger partial charge in [-0.05, 0) is 30.5 Å². The Hall–Kier alpha value is -1.36. The summed E-state index contributed by atoms with van der Waals surface area (Å²) in [6, 6.07) is 6.58. The van der Waals surface area contributed by atoms with Crippen molar-refractivity contribution < 1.29 is 9.18 Å². The number of halogens is 1. The first-order valence-corrected chi connectivity index (χ1v) is 8.45. The molecule has 1 fully saturated rings. The number of benzene rings is 1. The molecule has 21 heavy (non-hydrogen) atoms. The molecule has 0 atom stereocenters. The highest BCUT2D eigenvalue weighted by atomic mass is 32.2. The number of nitrogens with zero attached hydrogens (tertiary/aromatic N) is 2. The van der Waals surface area contributed by atoms with Crippen LogP contribution in [0, 0.1) is 11.7 Å². The predicted molar refractivity (Wildman–Crippen MR) is 83.7 cm³/mol. The van der Waals surface area contributed by atoms with Crippen molar-refractivity contribution in [1.29, 1.82) is 0 Å². The van der Waals surface area contributed by atoms with Crippen LogP contribution in [0.1, 0.15) is 31.2 Å². The second-order valence-electron chi connectivity index (χ2n) is 5.55. The molecule has 1 aromatic rings. The molecular formula is C16H19FN2OS. The summed E-state index contributed by atoms with van der Waals surface area (Å²) in [4.78, 5) is 18.8. The highest BCUT2D eigenvalue weighted by molar-refractivity contribution is 8.13. The van der Waals surface area contributed by atoms with E-state index in [2.05, 4.69) is 4.99 Å². The normalized spacial score (nSPS) is 19.1. The third-order valence-corrected chi connectivity index (χ3v) is 5.11. The fourth-order valence-corrected chi connectivity index (χ4v) is 3.92. The van der Waals surface area contributed by atoms with E-state index in [0.29, 0.717) is 18.8 Å². The van der Waals surface area contributed by atoms with Crippen molar-refractivity contribution >= 4 is 22.8 Å². The molecule has 1 saturated carbocycles. The van der Waals surface area contributed by atoms with Gasteiger partial charge in [0.05, 0.1) is 6.54 Å². The van der Waals surface area contributed by atoms with Crippen molar-refractivity contribution in [1.82, 2.24) is 4.90 Å². The molecule has 0 radical (unpaired) electrons. The van der Waals surface area contributed by atoms with E-state index in [4.69, 9.17) is 0 Å². The minimum atomic E-state index is -0.222. The summed E-state index contributed by atoms with van der Waals surface area (Å²) in [6.07, 6.45) is 4.34. The van der Waals surface area contributed by atoms with E-state index in [9.17, 15) is 9.18 Å². The van der Waals surface area contributed by atoms with Crippen molar-refractivity contribution in [2.45, 2.75) is 31.4 Å². The number of rotatable bonds is 3. The monoisotopic (exact) mass is 306 g/mol. The van der Waals surface area contributed by atoms with E-state index in [-0.39, 0.29) is 17.6 Å². The van der Waals surface area contributed by atoms with Crippen LogP contribution >= 0.6 is 11.8 Å². The van der Waals surface area contributed by atoms with E-state index in [1.165, 1.54) is 23.9 Å². The number of thioether (sulfide) groups is 1. The second-order valence-corrected chi connectivity index (χ2v) is 6.50. The van der Waals surface area contributed by atoms with E-state index < -0.39 is 0 Å². The largest absolute Gasteiger partial charge is 0.289 e. The Morgan fingerprint density at radius 1 is 1.38 bits per heavy atom. The van der Waals surface area contributed by atoms with Crippen LogP contribution in [0.2, 0.25) is 0 Å². The summed E-state index contributed by atoms with van der Waals surface area (Å²) in [5, 5.41) is 0.802. The van der Waals surface area contributed by atoms with Crippen LogP contribution in [0.5, 0.6) is 0 Å². The summed E-state index contributed by atoms with van der Waals surface area (Å²) in [5.74, 6) is 0.837. The third kappa shape index (κ3) is 3.46. The topological polar surface area (TPSA) is 32.7 Å². The lowest BCUT2D eigenvalue weighted by molar-refractivity contribution is -0.130. The molecule has 0 unspecified atom stereocenters. The van der Waals surface area contributed by atoms with Gasteiger partial charge >= 0.3 is 0 Å². The zero-order valence-corrected chi connectivity index (χ0v) is 12.7. The molecular weight excluding hydrogens is 287 g/mol. The molecule has 5 heteroatoms. The molecule has 2 aliphatic rings. The van der Waals surface area contributed by atoms with Crippen LogP contribution in [-0.2, 0) is 10.5 Å². The molecule has 1 aromatic carbocycles. The van der Waals surface area contributed by atoms with Crippen molar-refractivity contribution in [2.75, 3.05) is 13.1 Å². The fourth-order valence-electron chi connectivity index (χ4n) is 2.92. The molecule has 1 amide bonds. The number of amides is 1. The molecule has 1 heterocycles. The van der Waals surface area contributed by atoms with Gasteiger partial charge in [-0.1, -0.05) is 36.7 Å². The van der Waals surface area contributed by atoms with Crippen molar-refractivity contribution in [3.63, 3.8) is 0 Å². The first kappa shape index (κ1) is 14.6. The number of carbonyl (C=O) groups is 1. The molecule has 112 valence electrons. The smallest absolute Gasteiger partial charge is 0.231 e. The number of carbonyl (C=O) groups excluding carboxylic acids is 1. The fraction of sp³-hybridized carbons (Fsp3) is 0.500. The Balaban J connectivity index is 1.60. The van der Waals surface area contributed by atoms with E-state index in [1.807, 2.05) is 11.0 Å². The first-order valence-electron chi connectivity index (χ1n) is 7.47. The maximum atomic E-state index is 13.2. The molecule has 0 saturated heterocycles. The summed E-state index contributed by atoms with van der Waals surface area (Å²) in [5.41, 5.74) is 0.919. The second kappa shape index (κ2) is 6.60. The van der Waals surface area contributed by atoms with Gasteiger partial charge in [0.15, 0.2) is 5.17 Å². The van der Waals surface area contributed by atoms with Crippen LogP contribution < -0.4 is 0 Å². The Labute approximate surface area is 128 Å². The highest BCUT2D eigenvalue weighted by Crippen LogP contribution is 2.29. The minimum Gasteiger partial charge on any atom is -0.289 e. The van der Waals surface area contributed by atoms with Gasteiger partial charge in [0.25, 0.3) is 0 Å². The standard InChI is InChI=1S/C16H19FN2OS/c17-14-7-3-4-12(10-14)11-21-16-18-8-9-19(16)15(20)13-5-1-2-6-13/h3-4,7,10,13H,1-2,5-6,8-9,11H2. The van der Waals surface area contributed by atoms with Crippen molar-refractivity contribution in [3.05, 3.63) is 35.6 Å². The van der Waals surface area contributed by atoms with Crippen LogP contribution in [0.3, 0.4) is 0 Å². The molecule has 3 nitrogen and oxygen atoms in total. The molecule has 0 spiro atoms. The number of amidine groups is 1. The van der Waals surface area contributed by atoms with Gasteiger partial charge < -0.3 is 0 Å². The maximum Gasteiger partial charge on any atom is 0.231 e. The quantitative estimate of drug-likeness (QED) is 0.857. The van der Waals surface area contributed by atoms with Gasteiger partial charge in [-0.3, -0.25) is 14.7 Å². The van der Waals surface area contributed by atoms with Gasteiger partial charge in [0.2, 0.25) is 5.91 Å². The van der Waals surface area contributed by atoms with Gasteiger partial charge in [-0.2, -0.15) is 0 Å². The average Bonchev–Trinajstić information content (AvgIpc) is 3.16. The van der Waals surface area contributed by atoms with Gasteiger partial charge in [-0.25, -0.2) is 4.39 Å². The third-order valence-electron chi connectivity index (χ3n) is 4.03. The number of aliphatic imine (C=N–C) groups is 1. The Kier molecular flexibility index (Phi) is 4.58. The van der Waals surface area contributed by atoms with Gasteiger partial charge in [-0.15, -0.1) is 0 Å². The summed E-state index contributed by atoms with van der Waals surface area (Å²) in [6.45, 7) is 1.38. The SMILES string of the molecule is O=C(C1CCCC1)N1CCN=C1SCc1cccc(F)c1. The lowest BCUT2D eigenvalue weighted by Crippen LogP contribution is -2.36. The zero-order valence-electron chi connectivity index (χ0n) is 11.9. The Morgan fingerprint density at radius 2 is 2.19 bits per heavy atom. The minimum absolute atomic E-state index is 0.183. The summed E-state index contributed by atoms with van der Waals surface area (Å²) >= 11 is 1.53. The van der Waals surface area contributed by atoms with Gasteiger partial charge in [0, 0.05) is 18.2 Å². The van der Waals surface area contributed by atoms with Crippen LogP contribution in [0.4, 0.5) is 4.39 Å². The van der Waals surface area contributed by atoms with Gasteiger partial charge in [0.1, 0.15) is 5.82 Å².